The predicted molar refractivity (Wildman–Crippen MR) is 108 cm³/mol. The van der Waals surface area contributed by atoms with Crippen molar-refractivity contribution in [1.82, 2.24) is 0 Å². The number of rotatable bonds is 2. The first-order valence-corrected chi connectivity index (χ1v) is 11.0. The minimum Gasteiger partial charge on any atom is -0.334 e. The van der Waals surface area contributed by atoms with Crippen LogP contribution in [0, 0.1) is 6.92 Å². The van der Waals surface area contributed by atoms with Crippen LogP contribution < -0.4 is 10.6 Å². The largest absolute Gasteiger partial charge is 0.334 e. The molecule has 1 atom stereocenters. The molecule has 0 saturated heterocycles. The van der Waals surface area contributed by atoms with Crippen LogP contribution in [0.4, 0.5) is 11.4 Å². The Morgan fingerprint density at radius 2 is 1.35 bits per heavy atom. The van der Waals surface area contributed by atoms with Gasteiger partial charge in [-0.3, -0.25) is 0 Å². The number of nitrogens with one attached hydrogen (secondary N) is 2. The number of aliphatic imine (C=N–C) groups is 2. The summed E-state index contributed by atoms with van der Waals surface area (Å²) >= 11 is 0. The molecule has 2 aromatic rings. The topological polar surface area (TPSA) is 48.8 Å². The van der Waals surface area contributed by atoms with E-state index in [4.69, 9.17) is 0 Å². The van der Waals surface area contributed by atoms with Crippen molar-refractivity contribution in [3.8, 4) is 0 Å². The van der Waals surface area contributed by atoms with Gasteiger partial charge in [0.1, 0.15) is 0 Å². The van der Waals surface area contributed by atoms with Gasteiger partial charge in [0, 0.05) is 11.4 Å². The molecule has 2 aliphatic rings. The first kappa shape index (κ1) is 14.9. The molecule has 116 valence electrons. The lowest BCUT2D eigenvalue weighted by molar-refractivity contribution is 1.47. The fourth-order valence-corrected chi connectivity index (χ4v) is 7.33. The Morgan fingerprint density at radius 3 is 1.91 bits per heavy atom. The Kier molecular flexibility index (Phi) is 4.15. The molecule has 0 bridgehead atoms. The summed E-state index contributed by atoms with van der Waals surface area (Å²) in [6.07, 6.45) is 0. The van der Waals surface area contributed by atoms with Gasteiger partial charge in [0.05, 0.1) is 0 Å². The Morgan fingerprint density at radius 1 is 0.783 bits per heavy atom. The van der Waals surface area contributed by atoms with Crippen LogP contribution in [0.5, 0.6) is 0 Å². The van der Waals surface area contributed by atoms with Crippen molar-refractivity contribution in [2.75, 3.05) is 10.6 Å². The number of nitrogens with zero attached hydrogens (tertiary/aromatic N) is 2. The molecule has 0 amide bonds. The van der Waals surface area contributed by atoms with Gasteiger partial charge >= 0.3 is 0 Å². The molecule has 0 saturated carbocycles. The molecular formula is C16H14N4S3. The third kappa shape index (κ3) is 3.46. The van der Waals surface area contributed by atoms with Crippen LogP contribution in [0.15, 0.2) is 64.6 Å². The highest BCUT2D eigenvalue weighted by Crippen LogP contribution is 2.53. The van der Waals surface area contributed by atoms with Crippen LogP contribution in [-0.4, -0.2) is 15.4 Å². The average molecular weight is 359 g/mol. The second-order valence-corrected chi connectivity index (χ2v) is 10.6. The number of aryl methyl sites for hydroxylation is 1. The lowest BCUT2D eigenvalue weighted by atomic mass is 10.2. The summed E-state index contributed by atoms with van der Waals surface area (Å²) in [5.41, 5.74) is 3.36. The van der Waals surface area contributed by atoms with Gasteiger partial charge in [0.2, 0.25) is 5.11 Å². The summed E-state index contributed by atoms with van der Waals surface area (Å²) in [6, 6.07) is 18.4. The van der Waals surface area contributed by atoms with Gasteiger partial charge in [-0.05, 0) is 61.3 Å². The molecular weight excluding hydrogens is 344 g/mol. The fraction of sp³-hybridized carbons (Fsp3) is 0.0625. The minimum absolute atomic E-state index is 0.0622. The first-order valence-electron chi connectivity index (χ1n) is 7.07. The Hall–Kier alpha value is -1.70. The lowest BCUT2D eigenvalue weighted by Gasteiger charge is -2.08. The van der Waals surface area contributed by atoms with E-state index in [2.05, 4.69) is 51.8 Å². The zero-order valence-electron chi connectivity index (χ0n) is 12.3. The van der Waals surface area contributed by atoms with Gasteiger partial charge in [0.25, 0.3) is 0 Å². The molecule has 23 heavy (non-hydrogen) atoms. The van der Waals surface area contributed by atoms with E-state index in [-0.39, 0.29) is 8.55 Å². The van der Waals surface area contributed by atoms with Crippen LogP contribution in [-0.2, 0) is 0 Å². The summed E-state index contributed by atoms with van der Waals surface area (Å²) in [7, 11) is 3.40. The van der Waals surface area contributed by atoms with Crippen LogP contribution in [0.1, 0.15) is 5.56 Å². The van der Waals surface area contributed by atoms with Crippen molar-refractivity contribution in [2.45, 2.75) is 6.92 Å². The number of anilines is 2. The van der Waals surface area contributed by atoms with E-state index in [0.717, 1.165) is 26.8 Å². The van der Waals surface area contributed by atoms with Crippen molar-refractivity contribution in [3.63, 3.8) is 0 Å². The zero-order valence-corrected chi connectivity index (χ0v) is 14.8. The molecule has 4 nitrogen and oxygen atoms in total. The molecule has 0 spiro atoms. The standard InChI is InChI=1S/C16H14N4S3/c1-11-7-9-13(10-8-11)18-15-20-16-19-14(21-23(16)22-15)17-12-5-3-2-4-6-12/h2-10H,1H3,(H,17,19)(H,18,20). The molecule has 0 fully saturated rings. The number of amidine groups is 2. The van der Waals surface area contributed by atoms with E-state index in [1.54, 1.807) is 21.6 Å². The second kappa shape index (κ2) is 6.43. The summed E-state index contributed by atoms with van der Waals surface area (Å²) in [5, 5.41) is 9.43. The third-order valence-corrected chi connectivity index (χ3v) is 8.64. The van der Waals surface area contributed by atoms with E-state index in [9.17, 15) is 0 Å². The van der Waals surface area contributed by atoms with Crippen LogP contribution >= 0.6 is 30.1 Å². The maximum atomic E-state index is 4.61. The second-order valence-electron chi connectivity index (χ2n) is 5.00. The van der Waals surface area contributed by atoms with E-state index < -0.39 is 0 Å². The smallest absolute Gasteiger partial charge is 0.203 e. The summed E-state index contributed by atoms with van der Waals surface area (Å²) in [4.78, 5) is 9.21. The van der Waals surface area contributed by atoms with Gasteiger partial charge in [-0.1, -0.05) is 35.9 Å². The maximum Gasteiger partial charge on any atom is 0.203 e. The predicted octanol–water partition coefficient (Wildman–Crippen LogP) is 4.91. The van der Waals surface area contributed by atoms with Gasteiger partial charge in [-0.25, -0.2) is 0 Å². The van der Waals surface area contributed by atoms with Crippen molar-refractivity contribution in [1.29, 1.82) is 0 Å². The number of hydrogen-bond acceptors (Lipinski definition) is 6. The molecule has 2 aliphatic heterocycles. The Labute approximate surface area is 144 Å². The van der Waals surface area contributed by atoms with Gasteiger partial charge in [-0.2, -0.15) is 9.98 Å². The minimum atomic E-state index is -0.0622. The number of hydrogen-bond donors (Lipinski definition) is 2. The van der Waals surface area contributed by atoms with Crippen LogP contribution in [0.3, 0.4) is 0 Å². The molecule has 0 radical (unpaired) electrons. The average Bonchev–Trinajstić information content (AvgIpc) is 3.08. The van der Waals surface area contributed by atoms with Crippen molar-refractivity contribution in [3.05, 3.63) is 60.2 Å². The molecule has 7 heteroatoms. The number of benzene rings is 2. The summed E-state index contributed by atoms with van der Waals surface area (Å²) < 4.78 is 0. The van der Waals surface area contributed by atoms with E-state index >= 15 is 0 Å². The third-order valence-electron chi connectivity index (χ3n) is 3.18. The normalized spacial score (nSPS) is 19.2. The quantitative estimate of drug-likeness (QED) is 0.591. The monoisotopic (exact) mass is 358 g/mol. The highest BCUT2D eigenvalue weighted by molar-refractivity contribution is 9.21. The summed E-state index contributed by atoms with van der Waals surface area (Å²) in [6.45, 7) is 2.08. The molecule has 0 aromatic heterocycles. The van der Waals surface area contributed by atoms with E-state index in [1.807, 2.05) is 30.3 Å². The molecule has 1 unspecified atom stereocenters. The molecule has 4 rings (SSSR count). The summed E-state index contributed by atoms with van der Waals surface area (Å²) in [5.74, 6) is 0. The maximum absolute atomic E-state index is 4.61. The molecule has 0 aliphatic carbocycles. The zero-order chi connectivity index (χ0) is 15.6. The highest BCUT2D eigenvalue weighted by Gasteiger charge is 2.26. The van der Waals surface area contributed by atoms with Gasteiger partial charge in [-0.15, -0.1) is 0 Å². The lowest BCUT2D eigenvalue weighted by Crippen LogP contribution is -2.08. The van der Waals surface area contributed by atoms with E-state index in [0.29, 0.717) is 0 Å². The molecule has 2 heterocycles. The van der Waals surface area contributed by atoms with Gasteiger partial charge < -0.3 is 10.6 Å². The van der Waals surface area contributed by atoms with E-state index in [1.165, 1.54) is 5.56 Å². The molecule has 2 aromatic carbocycles. The Balaban J connectivity index is 1.42. The first-order chi connectivity index (χ1) is 11.3. The van der Waals surface area contributed by atoms with Crippen molar-refractivity contribution < 1.29 is 0 Å². The molecule has 2 N–H and O–H groups in total. The van der Waals surface area contributed by atoms with Crippen molar-refractivity contribution in [2.24, 2.45) is 9.98 Å². The number of para-hydroxylation sites is 1. The van der Waals surface area contributed by atoms with Crippen LogP contribution in [0.25, 0.3) is 0 Å². The Bertz CT molecular complexity index is 826. The van der Waals surface area contributed by atoms with Gasteiger partial charge in [0.15, 0.2) is 10.3 Å². The highest BCUT2D eigenvalue weighted by atomic mass is 33.5. The SMILES string of the molecule is Cc1ccc(NC2=NC3=S(SC(Nc4ccccc4)=N3)S2)cc1. The van der Waals surface area contributed by atoms with Crippen molar-refractivity contribution >= 4 is 57.0 Å². The fourth-order valence-electron chi connectivity index (χ4n) is 2.05. The van der Waals surface area contributed by atoms with Crippen LogP contribution in [0.2, 0.25) is 0 Å².